The Morgan fingerprint density at radius 3 is 2.46 bits per heavy atom. The number of fused-ring (bicyclic) bond motifs is 1. The second-order valence-electron chi connectivity index (χ2n) is 7.08. The second kappa shape index (κ2) is 7.78. The van der Waals surface area contributed by atoms with Gasteiger partial charge in [-0.25, -0.2) is 8.42 Å². The van der Waals surface area contributed by atoms with Crippen LogP contribution in [0.1, 0.15) is 44.6 Å². The molecule has 3 rings (SSSR count). The number of piperidine rings is 1. The van der Waals surface area contributed by atoms with E-state index in [2.05, 4.69) is 0 Å². The zero-order valence-electron chi connectivity index (χ0n) is 15.2. The Morgan fingerprint density at radius 2 is 1.77 bits per heavy atom. The fourth-order valence-corrected chi connectivity index (χ4v) is 5.01. The largest absolute Gasteiger partial charge is 0.343 e. The summed E-state index contributed by atoms with van der Waals surface area (Å²) in [5.41, 5.74) is 1.68. The monoisotopic (exact) mass is 378 g/mol. The smallest absolute Gasteiger partial charge is 0.223 e. The molecule has 0 aliphatic carbocycles. The molecule has 0 unspecified atom stereocenters. The molecule has 142 valence electrons. The summed E-state index contributed by atoms with van der Waals surface area (Å²) < 4.78 is 25.3. The highest BCUT2D eigenvalue weighted by molar-refractivity contribution is 7.91. The number of benzene rings is 1. The normalized spacial score (nSPS) is 17.7. The summed E-state index contributed by atoms with van der Waals surface area (Å²) in [6.07, 6.45) is 4.73. The molecule has 2 aliphatic rings. The number of nitrogens with zero attached hydrogens (tertiary/aromatic N) is 2. The summed E-state index contributed by atoms with van der Waals surface area (Å²) in [4.78, 5) is 27.7. The summed E-state index contributed by atoms with van der Waals surface area (Å²) in [5.74, 6) is -0.278. The summed E-state index contributed by atoms with van der Waals surface area (Å²) in [6, 6.07) is 4.95. The zero-order chi connectivity index (χ0) is 18.7. The summed E-state index contributed by atoms with van der Waals surface area (Å²) in [7, 11) is -3.52. The highest BCUT2D eigenvalue weighted by Crippen LogP contribution is 2.30. The van der Waals surface area contributed by atoms with Crippen molar-refractivity contribution in [1.29, 1.82) is 0 Å². The van der Waals surface area contributed by atoms with Crippen LogP contribution in [-0.4, -0.2) is 50.5 Å². The molecule has 0 radical (unpaired) electrons. The number of carbonyl (C=O) groups is 2. The Labute approximate surface area is 155 Å². The molecule has 2 aliphatic heterocycles. The van der Waals surface area contributed by atoms with Crippen molar-refractivity contribution in [2.45, 2.75) is 50.3 Å². The molecule has 0 aromatic heterocycles. The first kappa shape index (κ1) is 18.9. The zero-order valence-corrected chi connectivity index (χ0v) is 16.1. The van der Waals surface area contributed by atoms with E-state index in [0.717, 1.165) is 56.4 Å². The van der Waals surface area contributed by atoms with Gasteiger partial charge in [0.2, 0.25) is 11.8 Å². The molecule has 2 amide bonds. The van der Waals surface area contributed by atoms with Crippen molar-refractivity contribution >= 4 is 27.3 Å². The maximum Gasteiger partial charge on any atom is 0.223 e. The lowest BCUT2D eigenvalue weighted by molar-refractivity contribution is -0.131. The predicted molar refractivity (Wildman–Crippen MR) is 99.9 cm³/mol. The van der Waals surface area contributed by atoms with E-state index in [1.807, 2.05) is 0 Å². The first-order valence-corrected chi connectivity index (χ1v) is 11.0. The molecule has 0 N–H and O–H groups in total. The van der Waals surface area contributed by atoms with Crippen molar-refractivity contribution in [3.8, 4) is 0 Å². The van der Waals surface area contributed by atoms with Crippen LogP contribution in [-0.2, 0) is 25.8 Å². The third-order valence-electron chi connectivity index (χ3n) is 5.20. The van der Waals surface area contributed by atoms with Gasteiger partial charge in [0.1, 0.15) is 0 Å². The van der Waals surface area contributed by atoms with Crippen molar-refractivity contribution in [3.05, 3.63) is 23.8 Å². The topological polar surface area (TPSA) is 74.8 Å². The van der Waals surface area contributed by atoms with Crippen LogP contribution >= 0.6 is 0 Å². The van der Waals surface area contributed by atoms with Crippen LogP contribution in [0.4, 0.5) is 5.69 Å². The SMILES string of the molecule is CC(=O)N1CCCc2cc(S(=O)(=O)CCC(=O)N3CCCCC3)ccc21. The predicted octanol–water partition coefficient (Wildman–Crippen LogP) is 2.16. The minimum absolute atomic E-state index is 0.0268. The van der Waals surface area contributed by atoms with Gasteiger partial charge < -0.3 is 9.80 Å². The van der Waals surface area contributed by atoms with Gasteiger partial charge in [0, 0.05) is 38.7 Å². The molecule has 0 saturated carbocycles. The molecule has 1 saturated heterocycles. The fourth-order valence-electron chi connectivity index (χ4n) is 3.73. The van der Waals surface area contributed by atoms with Gasteiger partial charge in [-0.2, -0.15) is 0 Å². The number of aryl methyl sites for hydroxylation is 1. The minimum Gasteiger partial charge on any atom is -0.343 e. The van der Waals surface area contributed by atoms with Gasteiger partial charge in [-0.1, -0.05) is 0 Å². The van der Waals surface area contributed by atoms with Crippen molar-refractivity contribution in [2.24, 2.45) is 0 Å². The lowest BCUT2D eigenvalue weighted by atomic mass is 10.0. The van der Waals surface area contributed by atoms with Crippen LogP contribution in [0.5, 0.6) is 0 Å². The number of hydrogen-bond donors (Lipinski definition) is 0. The first-order valence-electron chi connectivity index (χ1n) is 9.30. The Kier molecular flexibility index (Phi) is 5.65. The van der Waals surface area contributed by atoms with Crippen molar-refractivity contribution in [3.63, 3.8) is 0 Å². The van der Waals surface area contributed by atoms with E-state index in [-0.39, 0.29) is 28.9 Å². The number of amides is 2. The molecule has 26 heavy (non-hydrogen) atoms. The molecule has 0 atom stereocenters. The van der Waals surface area contributed by atoms with E-state index in [1.165, 1.54) is 6.92 Å². The van der Waals surface area contributed by atoms with E-state index in [0.29, 0.717) is 6.54 Å². The Morgan fingerprint density at radius 1 is 1.04 bits per heavy atom. The molecule has 1 fully saturated rings. The maximum absolute atomic E-state index is 12.7. The number of anilines is 1. The molecule has 0 spiro atoms. The quantitative estimate of drug-likeness (QED) is 0.805. The van der Waals surface area contributed by atoms with E-state index in [1.54, 1.807) is 28.0 Å². The van der Waals surface area contributed by atoms with Gasteiger partial charge in [0.25, 0.3) is 0 Å². The Bertz CT molecular complexity index is 798. The van der Waals surface area contributed by atoms with Gasteiger partial charge in [0.15, 0.2) is 9.84 Å². The Balaban J connectivity index is 1.71. The van der Waals surface area contributed by atoms with Crippen LogP contribution in [0.3, 0.4) is 0 Å². The standard InChI is InChI=1S/C19H26N2O4S/c1-15(22)21-12-5-6-16-14-17(7-8-18(16)21)26(24,25)13-9-19(23)20-10-3-2-4-11-20/h7-8,14H,2-6,9-13H2,1H3. The maximum atomic E-state index is 12.7. The van der Waals surface area contributed by atoms with E-state index >= 15 is 0 Å². The van der Waals surface area contributed by atoms with Gasteiger partial charge in [-0.15, -0.1) is 0 Å². The van der Waals surface area contributed by atoms with E-state index in [4.69, 9.17) is 0 Å². The molecule has 7 heteroatoms. The molecular formula is C19H26N2O4S. The molecule has 6 nitrogen and oxygen atoms in total. The molecule has 0 bridgehead atoms. The van der Waals surface area contributed by atoms with Crippen LogP contribution in [0, 0.1) is 0 Å². The van der Waals surface area contributed by atoms with Gasteiger partial charge >= 0.3 is 0 Å². The fraction of sp³-hybridized carbons (Fsp3) is 0.579. The average molecular weight is 378 g/mol. The van der Waals surface area contributed by atoms with Crippen LogP contribution in [0.2, 0.25) is 0 Å². The van der Waals surface area contributed by atoms with Crippen LogP contribution in [0.25, 0.3) is 0 Å². The number of carbonyl (C=O) groups excluding carboxylic acids is 2. The highest BCUT2D eigenvalue weighted by atomic mass is 32.2. The van der Waals surface area contributed by atoms with Crippen LogP contribution in [0.15, 0.2) is 23.1 Å². The summed E-state index contributed by atoms with van der Waals surface area (Å²) in [5, 5.41) is 0. The Hall–Kier alpha value is -1.89. The molecule has 2 heterocycles. The van der Waals surface area contributed by atoms with Crippen molar-refractivity contribution in [1.82, 2.24) is 4.90 Å². The average Bonchev–Trinajstić information content (AvgIpc) is 2.65. The summed E-state index contributed by atoms with van der Waals surface area (Å²) >= 11 is 0. The van der Waals surface area contributed by atoms with Crippen LogP contribution < -0.4 is 4.90 Å². The van der Waals surface area contributed by atoms with E-state index in [9.17, 15) is 18.0 Å². The third kappa shape index (κ3) is 4.09. The lowest BCUT2D eigenvalue weighted by Crippen LogP contribution is -2.36. The van der Waals surface area contributed by atoms with Gasteiger partial charge in [-0.3, -0.25) is 9.59 Å². The van der Waals surface area contributed by atoms with E-state index < -0.39 is 9.84 Å². The molecule has 1 aromatic rings. The summed E-state index contributed by atoms with van der Waals surface area (Å²) in [6.45, 7) is 3.65. The number of rotatable bonds is 4. The number of likely N-dealkylation sites (tertiary alicyclic amines) is 1. The van der Waals surface area contributed by atoms with Gasteiger partial charge in [0.05, 0.1) is 10.6 Å². The number of sulfone groups is 1. The lowest BCUT2D eigenvalue weighted by Gasteiger charge is -2.29. The van der Waals surface area contributed by atoms with Gasteiger partial charge in [-0.05, 0) is 55.9 Å². The highest BCUT2D eigenvalue weighted by Gasteiger charge is 2.24. The molecular weight excluding hydrogens is 352 g/mol. The second-order valence-corrected chi connectivity index (χ2v) is 9.18. The third-order valence-corrected chi connectivity index (χ3v) is 6.92. The van der Waals surface area contributed by atoms with Crippen molar-refractivity contribution in [2.75, 3.05) is 30.3 Å². The first-order chi connectivity index (χ1) is 12.4. The molecule has 1 aromatic carbocycles. The number of hydrogen-bond acceptors (Lipinski definition) is 4. The minimum atomic E-state index is -3.52. The van der Waals surface area contributed by atoms with Crippen molar-refractivity contribution < 1.29 is 18.0 Å².